The van der Waals surface area contributed by atoms with Crippen LogP contribution >= 0.6 is 0 Å². The van der Waals surface area contributed by atoms with Gasteiger partial charge in [-0.2, -0.15) is 0 Å². The number of benzene rings is 1. The Morgan fingerprint density at radius 1 is 1.32 bits per heavy atom. The van der Waals surface area contributed by atoms with Crippen LogP contribution in [0.3, 0.4) is 0 Å². The van der Waals surface area contributed by atoms with E-state index in [-0.39, 0.29) is 36.1 Å². The maximum Gasteiger partial charge on any atom is 0.226 e. The lowest BCUT2D eigenvalue weighted by atomic mass is 10.0. The van der Waals surface area contributed by atoms with Crippen LogP contribution in [0.4, 0.5) is 0 Å². The molecule has 146 valence electrons. The van der Waals surface area contributed by atoms with Crippen molar-refractivity contribution in [2.75, 3.05) is 6.54 Å². The average molecular weight is 380 g/mol. The smallest absolute Gasteiger partial charge is 0.226 e. The molecule has 0 radical (unpaired) electrons. The molecular formula is C21H24N4O3. The number of furan rings is 1. The Labute approximate surface area is 163 Å². The molecule has 28 heavy (non-hydrogen) atoms. The van der Waals surface area contributed by atoms with Gasteiger partial charge in [0, 0.05) is 13.0 Å². The summed E-state index contributed by atoms with van der Waals surface area (Å²) in [5, 5.41) is 3.10. The Morgan fingerprint density at radius 3 is 2.86 bits per heavy atom. The summed E-state index contributed by atoms with van der Waals surface area (Å²) in [6.45, 7) is 4.88. The number of hydrogen-bond acceptors (Lipinski definition) is 4. The third kappa shape index (κ3) is 3.65. The van der Waals surface area contributed by atoms with E-state index in [0.29, 0.717) is 13.1 Å². The van der Waals surface area contributed by atoms with Crippen LogP contribution in [-0.4, -0.2) is 33.2 Å². The van der Waals surface area contributed by atoms with Gasteiger partial charge in [-0.3, -0.25) is 9.59 Å². The van der Waals surface area contributed by atoms with Crippen LogP contribution < -0.4 is 5.32 Å². The summed E-state index contributed by atoms with van der Waals surface area (Å²) in [5.41, 5.74) is 1.82. The highest BCUT2D eigenvalue weighted by atomic mass is 16.3. The van der Waals surface area contributed by atoms with Gasteiger partial charge < -0.3 is 19.6 Å². The lowest BCUT2D eigenvalue weighted by Gasteiger charge is -2.22. The fraction of sp³-hybridized carbons (Fsp3) is 0.381. The minimum Gasteiger partial charge on any atom is -0.467 e. The molecule has 1 fully saturated rings. The second-order valence-corrected chi connectivity index (χ2v) is 7.62. The number of hydrogen-bond donors (Lipinski definition) is 2. The molecule has 2 aromatic heterocycles. The number of carbonyl (C=O) groups is 2. The molecule has 1 saturated heterocycles. The largest absolute Gasteiger partial charge is 0.467 e. The first-order valence-electron chi connectivity index (χ1n) is 9.56. The molecule has 0 saturated carbocycles. The maximum atomic E-state index is 12.9. The van der Waals surface area contributed by atoms with Crippen molar-refractivity contribution < 1.29 is 14.0 Å². The van der Waals surface area contributed by atoms with Gasteiger partial charge in [-0.05, 0) is 30.2 Å². The number of rotatable bonds is 6. The Kier molecular flexibility index (Phi) is 4.90. The number of imidazole rings is 1. The summed E-state index contributed by atoms with van der Waals surface area (Å²) >= 11 is 0. The van der Waals surface area contributed by atoms with Gasteiger partial charge in [0.25, 0.3) is 0 Å². The molecule has 4 rings (SSSR count). The molecule has 3 aromatic rings. The number of fused-ring (bicyclic) bond motifs is 1. The number of aromatic nitrogens is 2. The van der Waals surface area contributed by atoms with Gasteiger partial charge in [-0.15, -0.1) is 0 Å². The summed E-state index contributed by atoms with van der Waals surface area (Å²) < 4.78 is 5.32. The number of nitrogens with one attached hydrogen (secondary N) is 2. The molecule has 3 heterocycles. The molecular weight excluding hydrogens is 356 g/mol. The highest BCUT2D eigenvalue weighted by Crippen LogP contribution is 2.25. The fourth-order valence-electron chi connectivity index (χ4n) is 3.63. The molecule has 2 N–H and O–H groups in total. The van der Waals surface area contributed by atoms with Crippen molar-refractivity contribution in [2.45, 2.75) is 32.9 Å². The van der Waals surface area contributed by atoms with Crippen LogP contribution in [0.15, 0.2) is 47.1 Å². The Hall–Kier alpha value is -3.09. The van der Waals surface area contributed by atoms with E-state index in [9.17, 15) is 9.59 Å². The lowest BCUT2D eigenvalue weighted by molar-refractivity contribution is -0.129. The molecule has 0 unspecified atom stereocenters. The molecule has 0 bridgehead atoms. The zero-order chi connectivity index (χ0) is 19.7. The van der Waals surface area contributed by atoms with Gasteiger partial charge in [0.05, 0.1) is 35.8 Å². The van der Waals surface area contributed by atoms with Crippen molar-refractivity contribution in [1.29, 1.82) is 0 Å². The van der Waals surface area contributed by atoms with Gasteiger partial charge in [0.15, 0.2) is 0 Å². The lowest BCUT2D eigenvalue weighted by Crippen LogP contribution is -2.37. The van der Waals surface area contributed by atoms with Gasteiger partial charge >= 0.3 is 0 Å². The van der Waals surface area contributed by atoms with Gasteiger partial charge in [-0.1, -0.05) is 26.0 Å². The second-order valence-electron chi connectivity index (χ2n) is 7.62. The normalized spacial score (nSPS) is 18.2. The zero-order valence-corrected chi connectivity index (χ0v) is 16.0. The van der Waals surface area contributed by atoms with Crippen LogP contribution in [0.5, 0.6) is 0 Å². The Morgan fingerprint density at radius 2 is 2.14 bits per heavy atom. The van der Waals surface area contributed by atoms with Crippen LogP contribution in [0.1, 0.15) is 37.9 Å². The summed E-state index contributed by atoms with van der Waals surface area (Å²) in [5.74, 6) is 1.10. The first-order chi connectivity index (χ1) is 13.5. The molecule has 1 aromatic carbocycles. The molecule has 7 heteroatoms. The molecule has 2 amide bonds. The van der Waals surface area contributed by atoms with E-state index >= 15 is 0 Å². The molecule has 2 atom stereocenters. The van der Waals surface area contributed by atoms with E-state index in [0.717, 1.165) is 22.6 Å². The Balaban J connectivity index is 1.45. The number of likely N-dealkylation sites (tertiary alicyclic amines) is 1. The van der Waals surface area contributed by atoms with Crippen molar-refractivity contribution >= 4 is 22.8 Å². The van der Waals surface area contributed by atoms with Crippen LogP contribution in [0, 0.1) is 11.8 Å². The van der Waals surface area contributed by atoms with E-state index in [4.69, 9.17) is 4.42 Å². The maximum absolute atomic E-state index is 12.9. The SMILES string of the molecule is CC(C)[C@@H](NC(=O)[C@@H]1CC(=O)N(Cc2ccco2)C1)c1nc2ccccc2[nH]1. The number of amides is 2. The molecule has 1 aliphatic rings. The van der Waals surface area contributed by atoms with Crippen molar-refractivity contribution in [2.24, 2.45) is 11.8 Å². The molecule has 0 aliphatic carbocycles. The minimum atomic E-state index is -0.368. The van der Waals surface area contributed by atoms with Crippen molar-refractivity contribution in [3.05, 3.63) is 54.2 Å². The van der Waals surface area contributed by atoms with E-state index in [1.54, 1.807) is 17.2 Å². The summed E-state index contributed by atoms with van der Waals surface area (Å²) in [6.07, 6.45) is 1.80. The van der Waals surface area contributed by atoms with E-state index in [1.807, 2.05) is 44.2 Å². The molecule has 0 spiro atoms. The van der Waals surface area contributed by atoms with E-state index in [1.165, 1.54) is 0 Å². The number of H-pyrrole nitrogens is 1. The monoisotopic (exact) mass is 380 g/mol. The third-order valence-corrected chi connectivity index (χ3v) is 5.18. The number of para-hydroxylation sites is 2. The predicted octanol–water partition coefficient (Wildman–Crippen LogP) is 3.02. The average Bonchev–Trinajstić information content (AvgIpc) is 3.40. The van der Waals surface area contributed by atoms with Crippen LogP contribution in [0.25, 0.3) is 11.0 Å². The number of carbonyl (C=O) groups excluding carboxylic acids is 2. The van der Waals surface area contributed by atoms with Crippen molar-refractivity contribution in [1.82, 2.24) is 20.2 Å². The van der Waals surface area contributed by atoms with Crippen LogP contribution in [0.2, 0.25) is 0 Å². The van der Waals surface area contributed by atoms with Crippen LogP contribution in [-0.2, 0) is 16.1 Å². The number of nitrogens with zero attached hydrogens (tertiary/aromatic N) is 2. The summed E-state index contributed by atoms with van der Waals surface area (Å²) in [7, 11) is 0. The summed E-state index contributed by atoms with van der Waals surface area (Å²) in [4.78, 5) is 34.8. The van der Waals surface area contributed by atoms with Gasteiger partial charge in [0.1, 0.15) is 11.6 Å². The second kappa shape index (κ2) is 7.50. The zero-order valence-electron chi connectivity index (χ0n) is 16.0. The molecule has 7 nitrogen and oxygen atoms in total. The molecule has 1 aliphatic heterocycles. The van der Waals surface area contributed by atoms with E-state index in [2.05, 4.69) is 15.3 Å². The fourth-order valence-corrected chi connectivity index (χ4v) is 3.63. The highest BCUT2D eigenvalue weighted by Gasteiger charge is 2.36. The first-order valence-corrected chi connectivity index (χ1v) is 9.56. The van der Waals surface area contributed by atoms with Crippen molar-refractivity contribution in [3.63, 3.8) is 0 Å². The number of aromatic amines is 1. The Bertz CT molecular complexity index is 944. The van der Waals surface area contributed by atoms with Gasteiger partial charge in [0.2, 0.25) is 11.8 Å². The summed E-state index contributed by atoms with van der Waals surface area (Å²) in [6, 6.07) is 11.2. The topological polar surface area (TPSA) is 91.2 Å². The van der Waals surface area contributed by atoms with Gasteiger partial charge in [-0.25, -0.2) is 4.98 Å². The first kappa shape index (κ1) is 18.3. The third-order valence-electron chi connectivity index (χ3n) is 5.18. The quantitative estimate of drug-likeness (QED) is 0.688. The van der Waals surface area contributed by atoms with Crippen molar-refractivity contribution in [3.8, 4) is 0 Å². The minimum absolute atomic E-state index is 0.0265. The van der Waals surface area contributed by atoms with E-state index < -0.39 is 0 Å². The highest BCUT2D eigenvalue weighted by molar-refractivity contribution is 5.89. The predicted molar refractivity (Wildman–Crippen MR) is 104 cm³/mol. The standard InChI is InChI=1S/C21H24N4O3/c1-13(2)19(20-22-16-7-3-4-8-17(16)23-20)24-21(27)14-10-18(26)25(11-14)12-15-6-5-9-28-15/h3-9,13-14,19H,10-12H2,1-2H3,(H,22,23)(H,24,27)/t14-,19-/m1/s1.